The minimum absolute atomic E-state index is 0.109. The molecule has 1 aromatic rings. The summed E-state index contributed by atoms with van der Waals surface area (Å²) in [5.74, 6) is -1.95. The molecule has 0 unspecified atom stereocenters. The van der Waals surface area contributed by atoms with Crippen LogP contribution in [-0.2, 0) is 4.74 Å². The van der Waals surface area contributed by atoms with Gasteiger partial charge in [0.15, 0.2) is 0 Å². The van der Waals surface area contributed by atoms with Crippen LogP contribution in [0.5, 0.6) is 5.75 Å². The number of carbonyl (C=O) groups is 1. The Hall–Kier alpha value is -1.60. The SMILES string of the molecule is COC(=O)c1c(F)cc(B(O)O)cc1OC. The Morgan fingerprint density at radius 2 is 2.00 bits per heavy atom. The first-order valence-electron chi connectivity index (χ1n) is 4.33. The molecule has 0 atom stereocenters. The van der Waals surface area contributed by atoms with Crippen molar-refractivity contribution in [1.82, 2.24) is 0 Å². The van der Waals surface area contributed by atoms with Crippen molar-refractivity contribution in [2.24, 2.45) is 0 Å². The van der Waals surface area contributed by atoms with Crippen LogP contribution in [-0.4, -0.2) is 37.4 Å². The summed E-state index contributed by atoms with van der Waals surface area (Å²) in [5, 5.41) is 17.7. The van der Waals surface area contributed by atoms with Crippen molar-refractivity contribution in [3.8, 4) is 5.75 Å². The Balaban J connectivity index is 3.34. The summed E-state index contributed by atoms with van der Waals surface area (Å²) in [6.45, 7) is 0. The lowest BCUT2D eigenvalue weighted by molar-refractivity contribution is 0.0591. The zero-order valence-electron chi connectivity index (χ0n) is 8.73. The van der Waals surface area contributed by atoms with Gasteiger partial charge in [-0.25, -0.2) is 9.18 Å². The van der Waals surface area contributed by atoms with E-state index in [0.29, 0.717) is 0 Å². The van der Waals surface area contributed by atoms with Crippen LogP contribution in [0, 0.1) is 5.82 Å². The third-order valence-electron chi connectivity index (χ3n) is 1.98. The molecule has 0 aliphatic heterocycles. The fourth-order valence-electron chi connectivity index (χ4n) is 1.21. The van der Waals surface area contributed by atoms with E-state index in [0.717, 1.165) is 19.2 Å². The van der Waals surface area contributed by atoms with Crippen LogP contribution in [0.1, 0.15) is 10.4 Å². The first kappa shape index (κ1) is 12.5. The first-order valence-corrected chi connectivity index (χ1v) is 4.33. The van der Waals surface area contributed by atoms with Crippen LogP contribution in [0.3, 0.4) is 0 Å². The zero-order valence-corrected chi connectivity index (χ0v) is 8.73. The number of hydrogen-bond acceptors (Lipinski definition) is 5. The molecule has 86 valence electrons. The summed E-state index contributed by atoms with van der Waals surface area (Å²) in [6.07, 6.45) is 0. The summed E-state index contributed by atoms with van der Waals surface area (Å²) in [4.78, 5) is 11.2. The van der Waals surface area contributed by atoms with Gasteiger partial charge < -0.3 is 19.5 Å². The van der Waals surface area contributed by atoms with E-state index in [1.807, 2.05) is 0 Å². The van der Waals surface area contributed by atoms with Gasteiger partial charge in [-0.3, -0.25) is 0 Å². The Kier molecular flexibility index (Phi) is 3.86. The van der Waals surface area contributed by atoms with Crippen LogP contribution in [0.25, 0.3) is 0 Å². The predicted octanol–water partition coefficient (Wildman–Crippen LogP) is -0.699. The Morgan fingerprint density at radius 1 is 1.38 bits per heavy atom. The van der Waals surface area contributed by atoms with Gasteiger partial charge in [0.2, 0.25) is 0 Å². The van der Waals surface area contributed by atoms with Crippen molar-refractivity contribution in [2.75, 3.05) is 14.2 Å². The van der Waals surface area contributed by atoms with Gasteiger partial charge in [-0.05, 0) is 17.6 Å². The number of hydrogen-bond donors (Lipinski definition) is 2. The smallest absolute Gasteiger partial charge is 0.488 e. The van der Waals surface area contributed by atoms with E-state index in [2.05, 4.69) is 4.74 Å². The molecule has 16 heavy (non-hydrogen) atoms. The molecule has 0 saturated heterocycles. The molecule has 0 saturated carbocycles. The molecule has 0 aliphatic rings. The van der Waals surface area contributed by atoms with Crippen molar-refractivity contribution in [3.05, 3.63) is 23.5 Å². The Bertz CT molecular complexity index is 407. The maximum Gasteiger partial charge on any atom is 0.488 e. The van der Waals surface area contributed by atoms with Gasteiger partial charge in [-0.1, -0.05) is 0 Å². The third-order valence-corrected chi connectivity index (χ3v) is 1.98. The number of carbonyl (C=O) groups excluding carboxylic acids is 1. The summed E-state index contributed by atoms with van der Waals surface area (Å²) in [5.41, 5.74) is -0.489. The van der Waals surface area contributed by atoms with Gasteiger partial charge >= 0.3 is 13.1 Å². The molecular weight excluding hydrogens is 218 g/mol. The molecule has 0 spiro atoms. The average molecular weight is 228 g/mol. The van der Waals surface area contributed by atoms with Crippen molar-refractivity contribution < 1.29 is 28.7 Å². The molecule has 0 bridgehead atoms. The molecular formula is C9H10BFO5. The largest absolute Gasteiger partial charge is 0.496 e. The lowest BCUT2D eigenvalue weighted by Gasteiger charge is -2.10. The molecule has 0 amide bonds. The van der Waals surface area contributed by atoms with Gasteiger partial charge in [0.1, 0.15) is 17.1 Å². The minimum atomic E-state index is -1.84. The van der Waals surface area contributed by atoms with Crippen LogP contribution >= 0.6 is 0 Å². The molecule has 1 aromatic carbocycles. The number of halogens is 1. The normalized spacial score (nSPS) is 9.81. The summed E-state index contributed by atoms with van der Waals surface area (Å²) < 4.78 is 22.6. The van der Waals surface area contributed by atoms with Crippen molar-refractivity contribution in [3.63, 3.8) is 0 Å². The van der Waals surface area contributed by atoms with Crippen LogP contribution in [0.15, 0.2) is 12.1 Å². The second kappa shape index (κ2) is 4.95. The Labute approximate surface area is 91.6 Å². The van der Waals surface area contributed by atoms with E-state index >= 15 is 0 Å². The first-order chi connectivity index (χ1) is 7.51. The van der Waals surface area contributed by atoms with Crippen molar-refractivity contribution >= 4 is 18.6 Å². The second-order valence-electron chi connectivity index (χ2n) is 2.95. The van der Waals surface area contributed by atoms with Crippen LogP contribution in [0.4, 0.5) is 4.39 Å². The summed E-state index contributed by atoms with van der Waals surface area (Å²) in [7, 11) is 0.500. The van der Waals surface area contributed by atoms with Crippen molar-refractivity contribution in [1.29, 1.82) is 0 Å². The molecule has 0 aliphatic carbocycles. The van der Waals surface area contributed by atoms with E-state index in [1.54, 1.807) is 0 Å². The molecule has 7 heteroatoms. The highest BCUT2D eigenvalue weighted by Gasteiger charge is 2.23. The third kappa shape index (κ3) is 2.31. The highest BCUT2D eigenvalue weighted by atomic mass is 19.1. The van der Waals surface area contributed by atoms with E-state index in [1.165, 1.54) is 7.11 Å². The molecule has 0 aromatic heterocycles. The van der Waals surface area contributed by atoms with Crippen molar-refractivity contribution in [2.45, 2.75) is 0 Å². The van der Waals surface area contributed by atoms with Gasteiger partial charge in [0.25, 0.3) is 0 Å². The number of ether oxygens (including phenoxy) is 2. The number of methoxy groups -OCH3 is 2. The fourth-order valence-corrected chi connectivity index (χ4v) is 1.21. The number of benzene rings is 1. The minimum Gasteiger partial charge on any atom is -0.496 e. The number of rotatable bonds is 3. The predicted molar refractivity (Wildman–Crippen MR) is 54.1 cm³/mol. The van der Waals surface area contributed by atoms with E-state index < -0.39 is 18.9 Å². The molecule has 0 radical (unpaired) electrons. The maximum absolute atomic E-state index is 13.5. The summed E-state index contributed by atoms with van der Waals surface area (Å²) in [6, 6.07) is 1.99. The van der Waals surface area contributed by atoms with Gasteiger partial charge in [0.05, 0.1) is 14.2 Å². The molecule has 2 N–H and O–H groups in total. The lowest BCUT2D eigenvalue weighted by atomic mass is 9.79. The molecule has 5 nitrogen and oxygen atoms in total. The standard InChI is InChI=1S/C9H10BFO5/c1-15-7-4-5(10(13)14)3-6(11)8(7)9(12)16-2/h3-4,13-14H,1-2H3. The quantitative estimate of drug-likeness (QED) is 0.528. The molecule has 1 rings (SSSR count). The number of esters is 1. The van der Waals surface area contributed by atoms with E-state index in [4.69, 9.17) is 14.8 Å². The molecule has 0 fully saturated rings. The Morgan fingerprint density at radius 3 is 2.44 bits per heavy atom. The molecule has 0 heterocycles. The average Bonchev–Trinajstić information content (AvgIpc) is 2.26. The second-order valence-corrected chi connectivity index (χ2v) is 2.95. The summed E-state index contributed by atoms with van der Waals surface area (Å²) >= 11 is 0. The monoisotopic (exact) mass is 228 g/mol. The zero-order chi connectivity index (χ0) is 12.3. The highest BCUT2D eigenvalue weighted by molar-refractivity contribution is 6.58. The lowest BCUT2D eigenvalue weighted by Crippen LogP contribution is -2.31. The van der Waals surface area contributed by atoms with E-state index in [-0.39, 0.29) is 16.8 Å². The van der Waals surface area contributed by atoms with Gasteiger partial charge in [-0.15, -0.1) is 0 Å². The van der Waals surface area contributed by atoms with Crippen LogP contribution < -0.4 is 10.2 Å². The highest BCUT2D eigenvalue weighted by Crippen LogP contribution is 2.21. The van der Waals surface area contributed by atoms with Gasteiger partial charge in [0, 0.05) is 0 Å². The van der Waals surface area contributed by atoms with Gasteiger partial charge in [-0.2, -0.15) is 0 Å². The fraction of sp³-hybridized carbons (Fsp3) is 0.222. The van der Waals surface area contributed by atoms with E-state index in [9.17, 15) is 9.18 Å². The van der Waals surface area contributed by atoms with Crippen LogP contribution in [0.2, 0.25) is 0 Å². The topological polar surface area (TPSA) is 76.0 Å². The maximum atomic E-state index is 13.5.